The lowest BCUT2D eigenvalue weighted by atomic mass is 10.00. The van der Waals surface area contributed by atoms with Gasteiger partial charge in [-0.3, -0.25) is 4.79 Å². The van der Waals surface area contributed by atoms with E-state index in [4.69, 9.17) is 11.6 Å². The summed E-state index contributed by atoms with van der Waals surface area (Å²) in [6.45, 7) is 3.98. The Bertz CT molecular complexity index is 614. The van der Waals surface area contributed by atoms with Crippen LogP contribution in [0.5, 0.6) is 0 Å². The van der Waals surface area contributed by atoms with Crippen molar-refractivity contribution in [3.63, 3.8) is 0 Å². The average Bonchev–Trinajstić information content (AvgIpc) is 2.31. The second-order valence-corrected chi connectivity index (χ2v) is 5.13. The Kier molecular flexibility index (Phi) is 4.01. The van der Waals surface area contributed by atoms with Gasteiger partial charge in [0.2, 0.25) is 0 Å². The van der Waals surface area contributed by atoms with Gasteiger partial charge in [0.1, 0.15) is 5.82 Å². The van der Waals surface area contributed by atoms with Crippen molar-refractivity contribution in [3.8, 4) is 0 Å². The summed E-state index contributed by atoms with van der Waals surface area (Å²) in [6, 6.07) is 10.1. The molecule has 0 atom stereocenters. The lowest BCUT2D eigenvalue weighted by Gasteiger charge is -2.05. The van der Waals surface area contributed by atoms with E-state index in [0.29, 0.717) is 5.56 Å². The van der Waals surface area contributed by atoms with Crippen LogP contribution in [0.2, 0.25) is 5.02 Å². The second-order valence-electron chi connectivity index (χ2n) is 4.72. The first kappa shape index (κ1) is 13.8. The Labute approximate surface area is 117 Å². The van der Waals surface area contributed by atoms with Gasteiger partial charge >= 0.3 is 0 Å². The number of aryl methyl sites for hydroxylation is 2. The number of carbonyl (C=O) groups is 1. The van der Waals surface area contributed by atoms with Crippen LogP contribution in [0.15, 0.2) is 36.4 Å². The highest BCUT2D eigenvalue weighted by molar-refractivity contribution is 6.30. The molecule has 98 valence electrons. The molecule has 0 saturated carbocycles. The molecule has 2 aromatic rings. The quantitative estimate of drug-likeness (QED) is 0.753. The number of halogens is 2. The maximum Gasteiger partial charge on any atom is 0.167 e. The van der Waals surface area contributed by atoms with E-state index in [1.165, 1.54) is 12.1 Å². The predicted molar refractivity (Wildman–Crippen MR) is 75.4 cm³/mol. The van der Waals surface area contributed by atoms with Crippen LogP contribution in [0, 0.1) is 19.7 Å². The summed E-state index contributed by atoms with van der Waals surface area (Å²) in [5, 5.41) is 0.0305. The van der Waals surface area contributed by atoms with Crippen LogP contribution in [-0.4, -0.2) is 5.78 Å². The summed E-state index contributed by atoms with van der Waals surface area (Å²) < 4.78 is 13.3. The molecule has 0 unspecified atom stereocenters. The number of carbonyl (C=O) groups excluding carboxylic acids is 1. The molecule has 3 heteroatoms. The van der Waals surface area contributed by atoms with Gasteiger partial charge in [0, 0.05) is 12.0 Å². The molecule has 0 aliphatic heterocycles. The van der Waals surface area contributed by atoms with E-state index >= 15 is 0 Å². The molecule has 0 amide bonds. The maximum atomic E-state index is 13.3. The monoisotopic (exact) mass is 276 g/mol. The van der Waals surface area contributed by atoms with Gasteiger partial charge in [-0.25, -0.2) is 4.39 Å². The van der Waals surface area contributed by atoms with Gasteiger partial charge in [-0.1, -0.05) is 40.9 Å². The highest BCUT2D eigenvalue weighted by Gasteiger charge is 2.10. The number of hydrogen-bond acceptors (Lipinski definition) is 1. The van der Waals surface area contributed by atoms with E-state index in [9.17, 15) is 9.18 Å². The molecule has 0 aromatic heterocycles. The van der Waals surface area contributed by atoms with Crippen molar-refractivity contribution in [1.82, 2.24) is 0 Å². The number of rotatable bonds is 3. The first-order chi connectivity index (χ1) is 8.95. The van der Waals surface area contributed by atoms with Crippen LogP contribution >= 0.6 is 11.6 Å². The van der Waals surface area contributed by atoms with Crippen molar-refractivity contribution >= 4 is 17.4 Å². The van der Waals surface area contributed by atoms with Crippen molar-refractivity contribution in [2.75, 3.05) is 0 Å². The molecule has 0 radical (unpaired) electrons. The summed E-state index contributed by atoms with van der Waals surface area (Å²) >= 11 is 5.60. The van der Waals surface area contributed by atoms with Gasteiger partial charge in [-0.15, -0.1) is 0 Å². The smallest absolute Gasteiger partial charge is 0.167 e. The second kappa shape index (κ2) is 5.54. The fraction of sp³-hybridized carbons (Fsp3) is 0.188. The molecule has 0 spiro atoms. The molecular weight excluding hydrogens is 263 g/mol. The standard InChI is InChI=1S/C16H14ClFO/c1-10-5-11(2)7-12(6-10)8-16(19)13-3-4-14(17)15(18)9-13/h3-7,9H,8H2,1-2H3. The maximum absolute atomic E-state index is 13.3. The van der Waals surface area contributed by atoms with Crippen molar-refractivity contribution in [3.05, 3.63) is 69.5 Å². The van der Waals surface area contributed by atoms with Gasteiger partial charge in [0.15, 0.2) is 5.78 Å². The fourth-order valence-electron chi connectivity index (χ4n) is 2.13. The Morgan fingerprint density at radius 3 is 2.32 bits per heavy atom. The zero-order valence-electron chi connectivity index (χ0n) is 10.8. The SMILES string of the molecule is Cc1cc(C)cc(CC(=O)c2ccc(Cl)c(F)c2)c1. The first-order valence-electron chi connectivity index (χ1n) is 6.01. The lowest BCUT2D eigenvalue weighted by molar-refractivity contribution is 0.0992. The summed E-state index contributed by atoms with van der Waals surface area (Å²) in [5.74, 6) is -0.673. The third-order valence-corrected chi connectivity index (χ3v) is 3.19. The van der Waals surface area contributed by atoms with Crippen molar-refractivity contribution < 1.29 is 9.18 Å². The number of Topliss-reactive ketones (excluding diaryl/α,β-unsaturated/α-hetero) is 1. The van der Waals surface area contributed by atoms with E-state index in [-0.39, 0.29) is 17.2 Å². The average molecular weight is 277 g/mol. The largest absolute Gasteiger partial charge is 0.294 e. The molecule has 0 fully saturated rings. The van der Waals surface area contributed by atoms with Gasteiger partial charge in [0.05, 0.1) is 5.02 Å². The molecule has 2 rings (SSSR count). The van der Waals surface area contributed by atoms with Gasteiger partial charge in [0.25, 0.3) is 0 Å². The van der Waals surface area contributed by atoms with E-state index in [1.807, 2.05) is 26.0 Å². The van der Waals surface area contributed by atoms with Crippen LogP contribution in [-0.2, 0) is 6.42 Å². The Morgan fingerprint density at radius 2 is 1.74 bits per heavy atom. The third-order valence-electron chi connectivity index (χ3n) is 2.89. The van der Waals surface area contributed by atoms with Crippen molar-refractivity contribution in [2.45, 2.75) is 20.3 Å². The molecule has 0 aliphatic carbocycles. The Hall–Kier alpha value is -1.67. The zero-order valence-corrected chi connectivity index (χ0v) is 11.6. The molecule has 19 heavy (non-hydrogen) atoms. The fourth-order valence-corrected chi connectivity index (χ4v) is 2.25. The highest BCUT2D eigenvalue weighted by Crippen LogP contribution is 2.18. The minimum atomic E-state index is -0.562. The van der Waals surface area contributed by atoms with Gasteiger partial charge in [-0.2, -0.15) is 0 Å². The highest BCUT2D eigenvalue weighted by atomic mass is 35.5. The predicted octanol–water partition coefficient (Wildman–Crippen LogP) is 4.52. The van der Waals surface area contributed by atoms with Crippen LogP contribution in [0.3, 0.4) is 0 Å². The summed E-state index contributed by atoms with van der Waals surface area (Å²) in [5.41, 5.74) is 3.52. The van der Waals surface area contributed by atoms with Crippen LogP contribution in [0.25, 0.3) is 0 Å². The zero-order chi connectivity index (χ0) is 14.0. The van der Waals surface area contributed by atoms with Crippen molar-refractivity contribution in [1.29, 1.82) is 0 Å². The topological polar surface area (TPSA) is 17.1 Å². The Morgan fingerprint density at radius 1 is 1.11 bits per heavy atom. The van der Waals surface area contributed by atoms with E-state index in [2.05, 4.69) is 6.07 Å². The molecule has 1 nitrogen and oxygen atoms in total. The normalized spacial score (nSPS) is 10.5. The molecule has 0 saturated heterocycles. The number of hydrogen-bond donors (Lipinski definition) is 0. The summed E-state index contributed by atoms with van der Waals surface area (Å²) in [6.07, 6.45) is 0.267. The lowest BCUT2D eigenvalue weighted by Crippen LogP contribution is -2.04. The molecule has 0 aliphatic rings. The van der Waals surface area contributed by atoms with Crippen LogP contribution in [0.4, 0.5) is 4.39 Å². The van der Waals surface area contributed by atoms with Gasteiger partial charge in [-0.05, 0) is 37.6 Å². The van der Waals surface area contributed by atoms with Gasteiger partial charge < -0.3 is 0 Å². The van der Waals surface area contributed by atoms with E-state index < -0.39 is 5.82 Å². The molecule has 0 N–H and O–H groups in total. The summed E-state index contributed by atoms with van der Waals surface area (Å²) in [4.78, 5) is 12.1. The minimum Gasteiger partial charge on any atom is -0.294 e. The molecular formula is C16H14ClFO. The van der Waals surface area contributed by atoms with E-state index in [0.717, 1.165) is 16.7 Å². The molecule has 0 heterocycles. The molecule has 2 aromatic carbocycles. The first-order valence-corrected chi connectivity index (χ1v) is 6.39. The van der Waals surface area contributed by atoms with E-state index in [1.54, 1.807) is 6.07 Å². The van der Waals surface area contributed by atoms with Crippen LogP contribution in [0.1, 0.15) is 27.0 Å². The summed E-state index contributed by atoms with van der Waals surface area (Å²) in [7, 11) is 0. The number of ketones is 1. The minimum absolute atomic E-state index is 0.0305. The third kappa shape index (κ3) is 3.42. The molecule has 0 bridgehead atoms. The van der Waals surface area contributed by atoms with Crippen LogP contribution < -0.4 is 0 Å². The Balaban J connectivity index is 2.22. The number of benzene rings is 2. The van der Waals surface area contributed by atoms with Crippen molar-refractivity contribution in [2.24, 2.45) is 0 Å².